The van der Waals surface area contributed by atoms with Gasteiger partial charge in [0.15, 0.2) is 0 Å². The molecule has 2 atom stereocenters. The molecule has 1 aromatic carbocycles. The molecule has 0 saturated carbocycles. The Balaban J connectivity index is 2.51. The molecule has 0 aromatic heterocycles. The Hall–Kier alpha value is -1.05. The number of ether oxygens (including phenoxy) is 1. The standard InChI is InChI=1S/C11H12BrFN2O3/c12-6-4-7(13)10(9(5-6)15(16)17)11-8(14)2-1-3-18-11/h4-5,8,11H,1-3,14H2/t8?,11-/m1/s1. The first-order valence-electron chi connectivity index (χ1n) is 5.51. The fourth-order valence-corrected chi connectivity index (χ4v) is 2.52. The average molecular weight is 319 g/mol. The Labute approximate surface area is 111 Å². The molecule has 98 valence electrons. The maximum atomic E-state index is 14.0. The number of nitro groups is 1. The normalized spacial score (nSPS) is 23.9. The summed E-state index contributed by atoms with van der Waals surface area (Å²) in [6.07, 6.45) is 0.688. The molecule has 1 aliphatic heterocycles. The number of hydrogen-bond donors (Lipinski definition) is 1. The Morgan fingerprint density at radius 3 is 2.89 bits per heavy atom. The smallest absolute Gasteiger partial charge is 0.279 e. The van der Waals surface area contributed by atoms with Gasteiger partial charge in [0, 0.05) is 23.2 Å². The lowest BCUT2D eigenvalue weighted by Gasteiger charge is -2.29. The van der Waals surface area contributed by atoms with E-state index in [0.29, 0.717) is 17.5 Å². The summed E-state index contributed by atoms with van der Waals surface area (Å²) in [7, 11) is 0. The molecule has 0 amide bonds. The van der Waals surface area contributed by atoms with Crippen molar-refractivity contribution in [2.24, 2.45) is 5.73 Å². The molecular formula is C11H12BrFN2O3. The van der Waals surface area contributed by atoms with Gasteiger partial charge in [-0.3, -0.25) is 10.1 Å². The summed E-state index contributed by atoms with van der Waals surface area (Å²) in [4.78, 5) is 10.4. The van der Waals surface area contributed by atoms with Crippen LogP contribution in [0.2, 0.25) is 0 Å². The fourth-order valence-electron chi connectivity index (χ4n) is 2.11. The summed E-state index contributed by atoms with van der Waals surface area (Å²) in [6.45, 7) is 0.436. The number of nitrogens with two attached hydrogens (primary N) is 1. The Morgan fingerprint density at radius 2 is 2.28 bits per heavy atom. The van der Waals surface area contributed by atoms with Crippen molar-refractivity contribution in [2.75, 3.05) is 6.61 Å². The molecular weight excluding hydrogens is 307 g/mol. The van der Waals surface area contributed by atoms with Crippen LogP contribution in [0.25, 0.3) is 0 Å². The molecule has 0 radical (unpaired) electrons. The first-order valence-corrected chi connectivity index (χ1v) is 6.30. The third-order valence-corrected chi connectivity index (χ3v) is 3.38. The van der Waals surface area contributed by atoms with Crippen LogP contribution in [0.5, 0.6) is 0 Å². The molecule has 1 fully saturated rings. The molecule has 18 heavy (non-hydrogen) atoms. The number of benzene rings is 1. The SMILES string of the molecule is NC1CCCO[C@H]1c1c(F)cc(Br)cc1[N+](=O)[O-]. The minimum Gasteiger partial charge on any atom is -0.372 e. The minimum absolute atomic E-state index is 0.0598. The van der Waals surface area contributed by atoms with Crippen LogP contribution in [0.1, 0.15) is 24.5 Å². The minimum atomic E-state index is -0.757. The molecule has 5 nitrogen and oxygen atoms in total. The third kappa shape index (κ3) is 2.52. The zero-order valence-electron chi connectivity index (χ0n) is 9.44. The summed E-state index contributed by atoms with van der Waals surface area (Å²) in [5.41, 5.74) is 5.50. The van der Waals surface area contributed by atoms with Crippen molar-refractivity contribution in [1.82, 2.24) is 0 Å². The van der Waals surface area contributed by atoms with E-state index in [-0.39, 0.29) is 11.3 Å². The van der Waals surface area contributed by atoms with Gasteiger partial charge >= 0.3 is 0 Å². The van der Waals surface area contributed by atoms with E-state index < -0.39 is 22.9 Å². The van der Waals surface area contributed by atoms with Gasteiger partial charge in [0.2, 0.25) is 0 Å². The number of halogens is 2. The highest BCUT2D eigenvalue weighted by Gasteiger charge is 2.33. The van der Waals surface area contributed by atoms with E-state index in [1.807, 2.05) is 0 Å². The molecule has 0 aliphatic carbocycles. The van der Waals surface area contributed by atoms with Crippen molar-refractivity contribution in [2.45, 2.75) is 25.0 Å². The Bertz CT molecular complexity index is 484. The molecule has 1 saturated heterocycles. The van der Waals surface area contributed by atoms with Gasteiger partial charge in [-0.25, -0.2) is 4.39 Å². The highest BCUT2D eigenvalue weighted by atomic mass is 79.9. The first-order chi connectivity index (χ1) is 8.50. The van der Waals surface area contributed by atoms with Crippen LogP contribution >= 0.6 is 15.9 Å². The molecule has 1 aliphatic rings. The predicted molar refractivity (Wildman–Crippen MR) is 66.7 cm³/mol. The average Bonchev–Trinajstić information content (AvgIpc) is 2.29. The van der Waals surface area contributed by atoms with E-state index >= 15 is 0 Å². The van der Waals surface area contributed by atoms with Crippen LogP contribution in [0.3, 0.4) is 0 Å². The molecule has 1 heterocycles. The number of nitrogens with zero attached hydrogens (tertiary/aromatic N) is 1. The third-order valence-electron chi connectivity index (χ3n) is 2.92. The monoisotopic (exact) mass is 318 g/mol. The van der Waals surface area contributed by atoms with Crippen LogP contribution in [-0.4, -0.2) is 17.6 Å². The van der Waals surface area contributed by atoms with E-state index in [2.05, 4.69) is 15.9 Å². The van der Waals surface area contributed by atoms with Crippen LogP contribution < -0.4 is 5.73 Å². The lowest BCUT2D eigenvalue weighted by atomic mass is 9.95. The van der Waals surface area contributed by atoms with E-state index in [0.717, 1.165) is 6.42 Å². The van der Waals surface area contributed by atoms with Crippen LogP contribution in [0.4, 0.5) is 10.1 Å². The van der Waals surface area contributed by atoms with Crippen molar-refractivity contribution < 1.29 is 14.1 Å². The van der Waals surface area contributed by atoms with Crippen LogP contribution in [0.15, 0.2) is 16.6 Å². The van der Waals surface area contributed by atoms with Gasteiger partial charge in [0.1, 0.15) is 11.9 Å². The van der Waals surface area contributed by atoms with E-state index in [9.17, 15) is 14.5 Å². The lowest BCUT2D eigenvalue weighted by Crippen LogP contribution is -2.35. The molecule has 2 rings (SSSR count). The van der Waals surface area contributed by atoms with Crippen molar-refractivity contribution in [3.05, 3.63) is 38.1 Å². The highest BCUT2D eigenvalue weighted by molar-refractivity contribution is 9.10. The van der Waals surface area contributed by atoms with E-state index in [1.54, 1.807) is 0 Å². The molecule has 7 heteroatoms. The Kier molecular flexibility index (Phi) is 3.94. The molecule has 0 spiro atoms. The largest absolute Gasteiger partial charge is 0.372 e. The second-order valence-corrected chi connectivity index (χ2v) is 5.09. The number of rotatable bonds is 2. The summed E-state index contributed by atoms with van der Waals surface area (Å²) in [6, 6.07) is 2.03. The van der Waals surface area contributed by atoms with Gasteiger partial charge in [0.05, 0.1) is 10.5 Å². The fraction of sp³-hybridized carbons (Fsp3) is 0.455. The second-order valence-electron chi connectivity index (χ2n) is 4.17. The van der Waals surface area contributed by atoms with Crippen LogP contribution in [-0.2, 0) is 4.74 Å². The second kappa shape index (κ2) is 5.29. The maximum Gasteiger partial charge on any atom is 0.279 e. The summed E-state index contributed by atoms with van der Waals surface area (Å²) >= 11 is 3.04. The van der Waals surface area contributed by atoms with Gasteiger partial charge in [0.25, 0.3) is 5.69 Å². The maximum absolute atomic E-state index is 14.0. The van der Waals surface area contributed by atoms with Crippen LogP contribution in [0, 0.1) is 15.9 Å². The summed E-state index contributed by atoms with van der Waals surface area (Å²) in [5, 5.41) is 11.0. The van der Waals surface area contributed by atoms with Gasteiger partial charge in [-0.05, 0) is 18.9 Å². The topological polar surface area (TPSA) is 78.4 Å². The van der Waals surface area contributed by atoms with Crippen molar-refractivity contribution >= 4 is 21.6 Å². The van der Waals surface area contributed by atoms with Gasteiger partial charge in [-0.1, -0.05) is 15.9 Å². The first kappa shape index (κ1) is 13.4. The van der Waals surface area contributed by atoms with E-state index in [4.69, 9.17) is 10.5 Å². The summed E-state index contributed by atoms with van der Waals surface area (Å²) < 4.78 is 19.7. The number of hydrogen-bond acceptors (Lipinski definition) is 4. The van der Waals surface area contributed by atoms with Gasteiger partial charge in [-0.15, -0.1) is 0 Å². The Morgan fingerprint density at radius 1 is 1.56 bits per heavy atom. The zero-order valence-corrected chi connectivity index (χ0v) is 11.0. The van der Waals surface area contributed by atoms with Crippen molar-refractivity contribution in [3.8, 4) is 0 Å². The quantitative estimate of drug-likeness (QED) is 0.671. The zero-order chi connectivity index (χ0) is 13.3. The lowest BCUT2D eigenvalue weighted by molar-refractivity contribution is -0.386. The molecule has 2 N–H and O–H groups in total. The van der Waals surface area contributed by atoms with Crippen molar-refractivity contribution in [1.29, 1.82) is 0 Å². The van der Waals surface area contributed by atoms with Crippen molar-refractivity contribution in [3.63, 3.8) is 0 Å². The van der Waals surface area contributed by atoms with Gasteiger partial charge in [-0.2, -0.15) is 0 Å². The predicted octanol–water partition coefficient (Wildman–Crippen LogP) is 2.68. The molecule has 1 aromatic rings. The van der Waals surface area contributed by atoms with Gasteiger partial charge < -0.3 is 10.5 Å². The summed E-state index contributed by atoms with van der Waals surface area (Å²) in [5.74, 6) is -0.668. The number of nitro benzene ring substituents is 1. The molecule has 1 unspecified atom stereocenters. The molecule has 0 bridgehead atoms. The highest BCUT2D eigenvalue weighted by Crippen LogP contribution is 2.37. The van der Waals surface area contributed by atoms with E-state index in [1.165, 1.54) is 12.1 Å².